The summed E-state index contributed by atoms with van der Waals surface area (Å²) in [4.78, 5) is 10.7. The molecule has 0 aliphatic heterocycles. The van der Waals surface area contributed by atoms with Crippen LogP contribution >= 0.6 is 0 Å². The predicted octanol–water partition coefficient (Wildman–Crippen LogP) is 0.976. The van der Waals surface area contributed by atoms with Crippen molar-refractivity contribution < 1.29 is 31.3 Å². The van der Waals surface area contributed by atoms with Gasteiger partial charge in [0.2, 0.25) is 0 Å². The lowest BCUT2D eigenvalue weighted by Gasteiger charge is -2.11. The quantitative estimate of drug-likeness (QED) is 0.443. The molecule has 0 radical (unpaired) electrons. The van der Waals surface area contributed by atoms with E-state index in [2.05, 4.69) is 4.74 Å². The van der Waals surface area contributed by atoms with Crippen LogP contribution < -0.4 is 0 Å². The first-order chi connectivity index (χ1) is 6.70. The molecule has 0 saturated heterocycles. The van der Waals surface area contributed by atoms with E-state index in [0.29, 0.717) is 6.42 Å². The first kappa shape index (κ1) is 14.0. The number of allylic oxidation sites excluding steroid dienone is 1. The zero-order valence-electron chi connectivity index (χ0n) is 7.81. The van der Waals surface area contributed by atoms with Crippen LogP contribution in [0, 0.1) is 0 Å². The average Bonchev–Trinajstić information content (AvgIpc) is 2.09. The minimum absolute atomic E-state index is 0.504. The molecule has 0 aromatic rings. The molecule has 0 amide bonds. The van der Waals surface area contributed by atoms with E-state index in [1.165, 1.54) is 6.08 Å². The number of halogens is 2. The van der Waals surface area contributed by atoms with Gasteiger partial charge in [0.05, 0.1) is 0 Å². The van der Waals surface area contributed by atoms with Gasteiger partial charge in [0.1, 0.15) is 0 Å². The van der Waals surface area contributed by atoms with Gasteiger partial charge in [-0.05, 0) is 6.42 Å². The Morgan fingerprint density at radius 3 is 2.47 bits per heavy atom. The largest absolute Gasteiger partial charge is 0.455 e. The number of hydrogen-bond donors (Lipinski definition) is 1. The van der Waals surface area contributed by atoms with Gasteiger partial charge in [0.15, 0.2) is 6.61 Å². The smallest absolute Gasteiger partial charge is 0.402 e. The molecule has 0 heterocycles. The first-order valence-corrected chi connectivity index (χ1v) is 5.33. The van der Waals surface area contributed by atoms with E-state index in [9.17, 15) is 22.0 Å². The van der Waals surface area contributed by atoms with E-state index < -0.39 is 27.9 Å². The van der Waals surface area contributed by atoms with Gasteiger partial charge in [-0.25, -0.2) is 4.79 Å². The molecule has 88 valence electrons. The van der Waals surface area contributed by atoms with Crippen LogP contribution in [-0.4, -0.2) is 30.8 Å². The number of rotatable bonds is 5. The SMILES string of the molecule is CC/C=C/C(=O)OCC(F)(F)S(=O)(=O)O. The van der Waals surface area contributed by atoms with Gasteiger partial charge in [0.25, 0.3) is 0 Å². The van der Waals surface area contributed by atoms with E-state index >= 15 is 0 Å². The normalized spacial score (nSPS) is 13.1. The third-order valence-electron chi connectivity index (χ3n) is 1.25. The highest BCUT2D eigenvalue weighted by Crippen LogP contribution is 2.20. The molecule has 0 unspecified atom stereocenters. The van der Waals surface area contributed by atoms with Crippen LogP contribution in [0.3, 0.4) is 0 Å². The van der Waals surface area contributed by atoms with Gasteiger partial charge in [0, 0.05) is 6.08 Å². The summed E-state index contributed by atoms with van der Waals surface area (Å²) in [7, 11) is -5.55. The molecule has 0 bridgehead atoms. The van der Waals surface area contributed by atoms with Crippen molar-refractivity contribution in [2.45, 2.75) is 18.6 Å². The van der Waals surface area contributed by atoms with Gasteiger partial charge < -0.3 is 4.74 Å². The van der Waals surface area contributed by atoms with Gasteiger partial charge in [-0.2, -0.15) is 17.2 Å². The summed E-state index contributed by atoms with van der Waals surface area (Å²) in [6.45, 7) is -0.00468. The maximum absolute atomic E-state index is 12.5. The summed E-state index contributed by atoms with van der Waals surface area (Å²) in [6.07, 6.45) is 2.75. The molecule has 5 nitrogen and oxygen atoms in total. The van der Waals surface area contributed by atoms with Crippen molar-refractivity contribution >= 4 is 16.1 Å². The number of carbonyl (C=O) groups is 1. The minimum Gasteiger partial charge on any atom is -0.455 e. The molecule has 0 aromatic carbocycles. The summed E-state index contributed by atoms with van der Waals surface area (Å²) in [5.74, 6) is -1.10. The van der Waals surface area contributed by atoms with E-state index in [1.54, 1.807) is 6.92 Å². The minimum atomic E-state index is -5.55. The van der Waals surface area contributed by atoms with Crippen molar-refractivity contribution in [2.24, 2.45) is 0 Å². The third kappa shape index (κ3) is 4.84. The Hall–Kier alpha value is -1.02. The second-order valence-corrected chi connectivity index (χ2v) is 4.08. The molecule has 0 rings (SSSR count). The van der Waals surface area contributed by atoms with E-state index in [-0.39, 0.29) is 0 Å². The molecule has 0 aliphatic carbocycles. The van der Waals surface area contributed by atoms with Gasteiger partial charge >= 0.3 is 21.3 Å². The number of esters is 1. The Bertz CT molecular complexity index is 346. The van der Waals surface area contributed by atoms with Crippen molar-refractivity contribution in [1.82, 2.24) is 0 Å². The highest BCUT2D eigenvalue weighted by Gasteiger charge is 2.45. The first-order valence-electron chi connectivity index (χ1n) is 3.89. The summed E-state index contributed by atoms with van der Waals surface area (Å²) in [5, 5.41) is -4.48. The van der Waals surface area contributed by atoms with Crippen molar-refractivity contribution in [3.8, 4) is 0 Å². The predicted molar refractivity (Wildman–Crippen MR) is 46.9 cm³/mol. The van der Waals surface area contributed by atoms with E-state index in [4.69, 9.17) is 4.55 Å². The third-order valence-corrected chi connectivity index (χ3v) is 2.12. The lowest BCUT2D eigenvalue weighted by molar-refractivity contribution is -0.143. The molecule has 0 aliphatic rings. The summed E-state index contributed by atoms with van der Waals surface area (Å²) < 4.78 is 57.1. The van der Waals surface area contributed by atoms with E-state index in [1.807, 2.05) is 0 Å². The summed E-state index contributed by atoms with van der Waals surface area (Å²) in [6, 6.07) is 0. The Balaban J connectivity index is 4.29. The van der Waals surface area contributed by atoms with Crippen LogP contribution in [-0.2, 0) is 19.6 Å². The summed E-state index contributed by atoms with van der Waals surface area (Å²) in [5.41, 5.74) is 0. The lowest BCUT2D eigenvalue weighted by atomic mass is 10.4. The molecule has 1 N–H and O–H groups in total. The fourth-order valence-electron chi connectivity index (χ4n) is 0.492. The topological polar surface area (TPSA) is 80.7 Å². The second-order valence-electron chi connectivity index (χ2n) is 2.53. The molecular weight excluding hydrogens is 234 g/mol. The zero-order chi connectivity index (χ0) is 12.1. The number of hydrogen-bond acceptors (Lipinski definition) is 4. The van der Waals surface area contributed by atoms with Gasteiger partial charge in [-0.1, -0.05) is 13.0 Å². The molecule has 8 heteroatoms. The molecule has 0 fully saturated rings. The van der Waals surface area contributed by atoms with Crippen LogP contribution in [0.4, 0.5) is 8.78 Å². The van der Waals surface area contributed by atoms with Crippen molar-refractivity contribution in [1.29, 1.82) is 0 Å². The van der Waals surface area contributed by atoms with E-state index in [0.717, 1.165) is 6.08 Å². The van der Waals surface area contributed by atoms with Gasteiger partial charge in [-0.3, -0.25) is 4.55 Å². The van der Waals surface area contributed by atoms with Crippen LogP contribution in [0.5, 0.6) is 0 Å². The van der Waals surface area contributed by atoms with Crippen molar-refractivity contribution in [3.05, 3.63) is 12.2 Å². The fourth-order valence-corrected chi connectivity index (χ4v) is 0.700. The Labute approximate surface area is 85.5 Å². The Morgan fingerprint density at radius 1 is 1.53 bits per heavy atom. The number of carbonyl (C=O) groups excluding carboxylic acids is 1. The highest BCUT2D eigenvalue weighted by atomic mass is 32.2. The zero-order valence-corrected chi connectivity index (χ0v) is 8.63. The van der Waals surface area contributed by atoms with Crippen LogP contribution in [0.2, 0.25) is 0 Å². The van der Waals surface area contributed by atoms with Crippen LogP contribution in [0.25, 0.3) is 0 Å². The lowest BCUT2D eigenvalue weighted by Crippen LogP contribution is -2.34. The standard InChI is InChI=1S/C7H10F2O5S/c1-2-3-4-6(10)14-5-7(8,9)15(11,12)13/h3-4H,2,5H2,1H3,(H,11,12,13)/b4-3+. The second kappa shape index (κ2) is 5.17. The summed E-state index contributed by atoms with van der Waals surface area (Å²) >= 11 is 0. The number of ether oxygens (including phenoxy) is 1. The molecule has 15 heavy (non-hydrogen) atoms. The van der Waals surface area contributed by atoms with Crippen molar-refractivity contribution in [3.63, 3.8) is 0 Å². The molecule has 0 aromatic heterocycles. The van der Waals surface area contributed by atoms with Crippen LogP contribution in [0.1, 0.15) is 13.3 Å². The monoisotopic (exact) mass is 244 g/mol. The van der Waals surface area contributed by atoms with Crippen molar-refractivity contribution in [2.75, 3.05) is 6.61 Å². The fraction of sp³-hybridized carbons (Fsp3) is 0.571. The Kier molecular flexibility index (Phi) is 4.82. The average molecular weight is 244 g/mol. The molecule has 0 saturated carbocycles. The molecular formula is C7H10F2O5S. The molecule has 0 atom stereocenters. The highest BCUT2D eigenvalue weighted by molar-refractivity contribution is 7.86. The number of alkyl halides is 2. The van der Waals surface area contributed by atoms with Crippen LogP contribution in [0.15, 0.2) is 12.2 Å². The Morgan fingerprint density at radius 2 is 2.07 bits per heavy atom. The maximum atomic E-state index is 12.5. The molecule has 0 spiro atoms. The maximum Gasteiger partial charge on any atom is 0.402 e. The van der Waals surface area contributed by atoms with Gasteiger partial charge in [-0.15, -0.1) is 0 Å².